The maximum Gasteiger partial charge on any atom is 0.119 e. The van der Waals surface area contributed by atoms with E-state index in [4.69, 9.17) is 10.5 Å². The van der Waals surface area contributed by atoms with Crippen LogP contribution in [0.25, 0.3) is 0 Å². The average molecular weight is 227 g/mol. The fraction of sp³-hybridized carbons (Fsp3) is 0.200. The highest BCUT2D eigenvalue weighted by molar-refractivity contribution is 5.21. The third-order valence-corrected chi connectivity index (χ3v) is 2.67. The Labute approximate surface area is 102 Å². The first kappa shape index (κ1) is 11.7. The molecule has 88 valence electrons. The Morgan fingerprint density at radius 1 is 0.882 bits per heavy atom. The van der Waals surface area contributed by atoms with Crippen molar-refractivity contribution < 1.29 is 4.74 Å². The molecule has 0 aliphatic carbocycles. The number of para-hydroxylation sites is 1. The Bertz CT molecular complexity index is 427. The molecule has 0 aliphatic heterocycles. The van der Waals surface area contributed by atoms with Crippen molar-refractivity contribution in [1.29, 1.82) is 0 Å². The maximum absolute atomic E-state index is 6.08. The number of hydrogen-bond donors (Lipinski definition) is 1. The van der Waals surface area contributed by atoms with Crippen molar-refractivity contribution in [3.8, 4) is 5.75 Å². The minimum atomic E-state index is 0.0416. The predicted octanol–water partition coefficient (Wildman–Crippen LogP) is 3.16. The van der Waals surface area contributed by atoms with Crippen LogP contribution in [0.15, 0.2) is 60.7 Å². The van der Waals surface area contributed by atoms with Crippen LogP contribution in [-0.2, 0) is 0 Å². The van der Waals surface area contributed by atoms with E-state index in [2.05, 4.69) is 0 Å². The van der Waals surface area contributed by atoms with Crippen LogP contribution in [-0.4, -0.2) is 6.61 Å². The molecule has 0 amide bonds. The Morgan fingerprint density at radius 3 is 2.12 bits per heavy atom. The molecule has 2 heteroatoms. The van der Waals surface area contributed by atoms with Gasteiger partial charge in [-0.1, -0.05) is 48.5 Å². The van der Waals surface area contributed by atoms with Gasteiger partial charge in [0.25, 0.3) is 0 Å². The van der Waals surface area contributed by atoms with E-state index < -0.39 is 0 Å². The van der Waals surface area contributed by atoms with E-state index in [9.17, 15) is 0 Å². The molecule has 17 heavy (non-hydrogen) atoms. The Morgan fingerprint density at radius 2 is 1.47 bits per heavy atom. The molecule has 2 rings (SSSR count). The fourth-order valence-electron chi connectivity index (χ4n) is 1.69. The van der Waals surface area contributed by atoms with Gasteiger partial charge < -0.3 is 10.5 Å². The molecule has 0 aliphatic rings. The highest BCUT2D eigenvalue weighted by atomic mass is 16.5. The molecule has 2 N–H and O–H groups in total. The zero-order chi connectivity index (χ0) is 11.9. The van der Waals surface area contributed by atoms with E-state index in [0.29, 0.717) is 6.61 Å². The quantitative estimate of drug-likeness (QED) is 0.851. The summed E-state index contributed by atoms with van der Waals surface area (Å²) in [6.07, 6.45) is 0.818. The van der Waals surface area contributed by atoms with Gasteiger partial charge in [0.1, 0.15) is 5.75 Å². The summed E-state index contributed by atoms with van der Waals surface area (Å²) in [6.45, 7) is 0.639. The lowest BCUT2D eigenvalue weighted by molar-refractivity contribution is 0.298. The van der Waals surface area contributed by atoms with Crippen molar-refractivity contribution in [2.75, 3.05) is 6.61 Å². The van der Waals surface area contributed by atoms with Gasteiger partial charge in [-0.05, 0) is 17.7 Å². The van der Waals surface area contributed by atoms with Crippen LogP contribution in [0.5, 0.6) is 5.75 Å². The smallest absolute Gasteiger partial charge is 0.119 e. The first-order valence-corrected chi connectivity index (χ1v) is 5.84. The third-order valence-electron chi connectivity index (χ3n) is 2.67. The molecule has 0 heterocycles. The van der Waals surface area contributed by atoms with Gasteiger partial charge in [-0.15, -0.1) is 0 Å². The van der Waals surface area contributed by atoms with Crippen LogP contribution >= 0.6 is 0 Å². The highest BCUT2D eigenvalue weighted by Crippen LogP contribution is 2.15. The second-order valence-corrected chi connectivity index (χ2v) is 3.97. The highest BCUT2D eigenvalue weighted by Gasteiger charge is 2.04. The first-order valence-electron chi connectivity index (χ1n) is 5.84. The van der Waals surface area contributed by atoms with E-state index in [1.54, 1.807) is 0 Å². The SMILES string of the molecule is NC(CCOc1ccccc1)c1ccccc1. The molecule has 1 atom stereocenters. The minimum absolute atomic E-state index is 0.0416. The second-order valence-electron chi connectivity index (χ2n) is 3.97. The van der Waals surface area contributed by atoms with Crippen molar-refractivity contribution in [3.63, 3.8) is 0 Å². The van der Waals surface area contributed by atoms with Crippen LogP contribution in [0.1, 0.15) is 18.0 Å². The Hall–Kier alpha value is -1.80. The molecule has 0 fully saturated rings. The molecule has 0 saturated heterocycles. The number of ether oxygens (including phenoxy) is 1. The second kappa shape index (κ2) is 6.06. The molecule has 0 spiro atoms. The molecule has 2 nitrogen and oxygen atoms in total. The molecule has 2 aromatic carbocycles. The van der Waals surface area contributed by atoms with E-state index in [1.165, 1.54) is 0 Å². The average Bonchev–Trinajstić information content (AvgIpc) is 2.41. The molecule has 0 saturated carbocycles. The van der Waals surface area contributed by atoms with Crippen LogP contribution in [0.3, 0.4) is 0 Å². The van der Waals surface area contributed by atoms with Gasteiger partial charge >= 0.3 is 0 Å². The van der Waals surface area contributed by atoms with E-state index in [-0.39, 0.29) is 6.04 Å². The summed E-state index contributed by atoms with van der Waals surface area (Å²) in [4.78, 5) is 0. The number of hydrogen-bond acceptors (Lipinski definition) is 2. The van der Waals surface area contributed by atoms with Crippen LogP contribution < -0.4 is 10.5 Å². The molecular formula is C15H17NO. The summed E-state index contributed by atoms with van der Waals surface area (Å²) in [5, 5.41) is 0. The molecule has 0 aromatic heterocycles. The lowest BCUT2D eigenvalue weighted by atomic mass is 10.1. The predicted molar refractivity (Wildman–Crippen MR) is 69.9 cm³/mol. The van der Waals surface area contributed by atoms with E-state index in [0.717, 1.165) is 17.7 Å². The van der Waals surface area contributed by atoms with Crippen molar-refractivity contribution in [1.82, 2.24) is 0 Å². The topological polar surface area (TPSA) is 35.2 Å². The van der Waals surface area contributed by atoms with Gasteiger partial charge in [0.05, 0.1) is 6.61 Å². The van der Waals surface area contributed by atoms with Gasteiger partial charge in [0, 0.05) is 12.5 Å². The molecular weight excluding hydrogens is 210 g/mol. The van der Waals surface area contributed by atoms with Gasteiger partial charge in [-0.2, -0.15) is 0 Å². The molecule has 0 bridgehead atoms. The lowest BCUT2D eigenvalue weighted by Crippen LogP contribution is -2.14. The van der Waals surface area contributed by atoms with Crippen LogP contribution in [0.4, 0.5) is 0 Å². The normalized spacial score (nSPS) is 12.1. The maximum atomic E-state index is 6.08. The standard InChI is InChI=1S/C15H17NO/c16-15(13-7-3-1-4-8-13)11-12-17-14-9-5-2-6-10-14/h1-10,15H,11-12,16H2. The van der Waals surface area contributed by atoms with Gasteiger partial charge in [-0.3, -0.25) is 0 Å². The first-order chi connectivity index (χ1) is 8.36. The number of nitrogens with two attached hydrogens (primary N) is 1. The lowest BCUT2D eigenvalue weighted by Gasteiger charge is -2.12. The van der Waals surface area contributed by atoms with Crippen molar-refractivity contribution in [2.45, 2.75) is 12.5 Å². The van der Waals surface area contributed by atoms with Gasteiger partial charge in [-0.25, -0.2) is 0 Å². The molecule has 2 aromatic rings. The summed E-state index contributed by atoms with van der Waals surface area (Å²) in [7, 11) is 0. The third kappa shape index (κ3) is 3.61. The monoisotopic (exact) mass is 227 g/mol. The fourth-order valence-corrected chi connectivity index (χ4v) is 1.69. The largest absolute Gasteiger partial charge is 0.494 e. The summed E-state index contributed by atoms with van der Waals surface area (Å²) in [5.41, 5.74) is 7.24. The Balaban J connectivity index is 1.79. The summed E-state index contributed by atoms with van der Waals surface area (Å²) < 4.78 is 5.62. The van der Waals surface area contributed by atoms with Crippen LogP contribution in [0.2, 0.25) is 0 Å². The van der Waals surface area contributed by atoms with Crippen molar-refractivity contribution in [3.05, 3.63) is 66.2 Å². The van der Waals surface area contributed by atoms with E-state index >= 15 is 0 Å². The van der Waals surface area contributed by atoms with Crippen LogP contribution in [0, 0.1) is 0 Å². The summed E-state index contributed by atoms with van der Waals surface area (Å²) in [6, 6.07) is 20.0. The van der Waals surface area contributed by atoms with Gasteiger partial charge in [0.15, 0.2) is 0 Å². The zero-order valence-corrected chi connectivity index (χ0v) is 9.75. The number of rotatable bonds is 5. The minimum Gasteiger partial charge on any atom is -0.494 e. The van der Waals surface area contributed by atoms with E-state index in [1.807, 2.05) is 60.7 Å². The zero-order valence-electron chi connectivity index (χ0n) is 9.75. The molecule has 0 radical (unpaired) electrons. The summed E-state index contributed by atoms with van der Waals surface area (Å²) in [5.74, 6) is 0.896. The summed E-state index contributed by atoms with van der Waals surface area (Å²) >= 11 is 0. The Kier molecular flexibility index (Phi) is 4.17. The van der Waals surface area contributed by atoms with Crippen molar-refractivity contribution >= 4 is 0 Å². The van der Waals surface area contributed by atoms with Gasteiger partial charge in [0.2, 0.25) is 0 Å². The number of benzene rings is 2. The molecule has 1 unspecified atom stereocenters. The van der Waals surface area contributed by atoms with Crippen molar-refractivity contribution in [2.24, 2.45) is 5.73 Å².